The summed E-state index contributed by atoms with van der Waals surface area (Å²) in [4.78, 5) is 7.36. The van der Waals surface area contributed by atoms with Crippen LogP contribution in [0, 0.1) is 5.41 Å². The van der Waals surface area contributed by atoms with Crippen LogP contribution in [0.3, 0.4) is 0 Å². The standard InChI is InChI=1S/C13H19N3/c1-13(2,5-6-14)8-10-3-4-11-12(7-10)16-9-15-11/h3-4,7,9H,5-6,8,14H2,1-2H3,(H,15,16). The maximum absolute atomic E-state index is 5.63. The van der Waals surface area contributed by atoms with Crippen LogP contribution in [0.1, 0.15) is 25.8 Å². The predicted octanol–water partition coefficient (Wildman–Crippen LogP) is 2.48. The van der Waals surface area contributed by atoms with Crippen LogP contribution < -0.4 is 5.73 Å². The molecule has 0 amide bonds. The number of H-pyrrole nitrogens is 1. The first-order valence-corrected chi connectivity index (χ1v) is 5.73. The zero-order chi connectivity index (χ0) is 11.6. The summed E-state index contributed by atoms with van der Waals surface area (Å²) < 4.78 is 0. The van der Waals surface area contributed by atoms with Crippen molar-refractivity contribution in [2.24, 2.45) is 11.1 Å². The summed E-state index contributed by atoms with van der Waals surface area (Å²) in [5.74, 6) is 0. The number of imidazole rings is 1. The molecule has 0 atom stereocenters. The van der Waals surface area contributed by atoms with Crippen LogP contribution in [0.25, 0.3) is 11.0 Å². The van der Waals surface area contributed by atoms with Gasteiger partial charge in [-0.2, -0.15) is 0 Å². The van der Waals surface area contributed by atoms with Crippen molar-refractivity contribution in [3.05, 3.63) is 30.1 Å². The molecule has 0 bridgehead atoms. The van der Waals surface area contributed by atoms with Gasteiger partial charge in [-0.05, 0) is 42.5 Å². The van der Waals surface area contributed by atoms with Gasteiger partial charge in [0.1, 0.15) is 0 Å². The Morgan fingerprint density at radius 3 is 2.94 bits per heavy atom. The molecule has 0 fully saturated rings. The third-order valence-corrected chi connectivity index (χ3v) is 2.99. The Kier molecular flexibility index (Phi) is 2.97. The monoisotopic (exact) mass is 217 g/mol. The Balaban J connectivity index is 2.20. The lowest BCUT2D eigenvalue weighted by Crippen LogP contribution is -2.19. The highest BCUT2D eigenvalue weighted by Crippen LogP contribution is 2.26. The molecule has 1 aromatic carbocycles. The number of nitrogens with one attached hydrogen (secondary N) is 1. The summed E-state index contributed by atoms with van der Waals surface area (Å²) in [5.41, 5.74) is 9.38. The molecule has 1 heterocycles. The highest BCUT2D eigenvalue weighted by Gasteiger charge is 2.17. The topological polar surface area (TPSA) is 54.7 Å². The number of hydrogen-bond acceptors (Lipinski definition) is 2. The summed E-state index contributed by atoms with van der Waals surface area (Å²) in [6, 6.07) is 6.40. The molecule has 0 aliphatic heterocycles. The first-order chi connectivity index (χ1) is 7.61. The van der Waals surface area contributed by atoms with Gasteiger partial charge in [0.25, 0.3) is 0 Å². The molecule has 16 heavy (non-hydrogen) atoms. The van der Waals surface area contributed by atoms with Gasteiger partial charge < -0.3 is 10.7 Å². The van der Waals surface area contributed by atoms with E-state index in [4.69, 9.17) is 5.73 Å². The van der Waals surface area contributed by atoms with E-state index < -0.39 is 0 Å². The Labute approximate surface area is 96.1 Å². The Hall–Kier alpha value is -1.35. The van der Waals surface area contributed by atoms with E-state index in [0.717, 1.165) is 30.4 Å². The largest absolute Gasteiger partial charge is 0.345 e. The molecule has 0 radical (unpaired) electrons. The average Bonchev–Trinajstić information content (AvgIpc) is 2.63. The van der Waals surface area contributed by atoms with Gasteiger partial charge in [-0.15, -0.1) is 0 Å². The van der Waals surface area contributed by atoms with Crippen molar-refractivity contribution >= 4 is 11.0 Å². The number of nitrogens with two attached hydrogens (primary N) is 1. The second-order valence-corrected chi connectivity index (χ2v) is 5.13. The van der Waals surface area contributed by atoms with Crippen LogP contribution in [0.4, 0.5) is 0 Å². The van der Waals surface area contributed by atoms with Crippen molar-refractivity contribution in [2.75, 3.05) is 6.54 Å². The van der Waals surface area contributed by atoms with Crippen LogP contribution >= 0.6 is 0 Å². The number of benzene rings is 1. The van der Waals surface area contributed by atoms with Crippen molar-refractivity contribution in [3.63, 3.8) is 0 Å². The van der Waals surface area contributed by atoms with E-state index in [9.17, 15) is 0 Å². The lowest BCUT2D eigenvalue weighted by atomic mass is 9.83. The summed E-state index contributed by atoms with van der Waals surface area (Å²) >= 11 is 0. The molecular weight excluding hydrogens is 198 g/mol. The quantitative estimate of drug-likeness (QED) is 0.826. The molecule has 1 aromatic heterocycles. The highest BCUT2D eigenvalue weighted by molar-refractivity contribution is 5.75. The fourth-order valence-electron chi connectivity index (χ4n) is 2.12. The molecule has 2 aromatic rings. The van der Waals surface area contributed by atoms with Crippen molar-refractivity contribution in [3.8, 4) is 0 Å². The number of aromatic amines is 1. The fourth-order valence-corrected chi connectivity index (χ4v) is 2.12. The minimum atomic E-state index is 0.266. The van der Waals surface area contributed by atoms with E-state index in [1.165, 1.54) is 5.56 Å². The van der Waals surface area contributed by atoms with Crippen LogP contribution in [0.15, 0.2) is 24.5 Å². The lowest BCUT2D eigenvalue weighted by Gasteiger charge is -2.23. The third-order valence-electron chi connectivity index (χ3n) is 2.99. The molecule has 86 valence electrons. The first-order valence-electron chi connectivity index (χ1n) is 5.73. The molecule has 0 aliphatic carbocycles. The second-order valence-electron chi connectivity index (χ2n) is 5.13. The summed E-state index contributed by atoms with van der Waals surface area (Å²) in [5, 5.41) is 0. The summed E-state index contributed by atoms with van der Waals surface area (Å²) in [7, 11) is 0. The number of nitrogens with zero attached hydrogens (tertiary/aromatic N) is 1. The zero-order valence-electron chi connectivity index (χ0n) is 9.96. The fraction of sp³-hybridized carbons (Fsp3) is 0.462. The number of aromatic nitrogens is 2. The van der Waals surface area contributed by atoms with Crippen LogP contribution in [0.2, 0.25) is 0 Å². The minimum absolute atomic E-state index is 0.266. The molecule has 3 heteroatoms. The van der Waals surface area contributed by atoms with Gasteiger partial charge in [-0.25, -0.2) is 4.98 Å². The van der Waals surface area contributed by atoms with Gasteiger partial charge in [0, 0.05) is 0 Å². The molecule has 3 nitrogen and oxygen atoms in total. The molecular formula is C13H19N3. The van der Waals surface area contributed by atoms with Crippen molar-refractivity contribution < 1.29 is 0 Å². The number of hydrogen-bond donors (Lipinski definition) is 2. The maximum atomic E-state index is 5.63. The van der Waals surface area contributed by atoms with Crippen molar-refractivity contribution in [1.29, 1.82) is 0 Å². The Morgan fingerprint density at radius 2 is 2.19 bits per heavy atom. The van der Waals surface area contributed by atoms with E-state index in [0.29, 0.717) is 0 Å². The highest BCUT2D eigenvalue weighted by atomic mass is 14.9. The molecule has 0 aliphatic rings. The van der Waals surface area contributed by atoms with Crippen molar-refractivity contribution in [2.45, 2.75) is 26.7 Å². The SMILES string of the molecule is CC(C)(CCN)Cc1ccc2nc[nH]c2c1. The molecule has 2 rings (SSSR count). The lowest BCUT2D eigenvalue weighted by molar-refractivity contribution is 0.339. The average molecular weight is 217 g/mol. The predicted molar refractivity (Wildman–Crippen MR) is 67.3 cm³/mol. The smallest absolute Gasteiger partial charge is 0.0931 e. The van der Waals surface area contributed by atoms with Crippen molar-refractivity contribution in [1.82, 2.24) is 9.97 Å². The van der Waals surface area contributed by atoms with Crippen LogP contribution in [-0.4, -0.2) is 16.5 Å². The number of rotatable bonds is 4. The van der Waals surface area contributed by atoms with E-state index in [1.54, 1.807) is 6.33 Å². The summed E-state index contributed by atoms with van der Waals surface area (Å²) in [6.45, 7) is 5.27. The maximum Gasteiger partial charge on any atom is 0.0931 e. The van der Waals surface area contributed by atoms with E-state index in [2.05, 4.69) is 42.0 Å². The Morgan fingerprint density at radius 1 is 1.38 bits per heavy atom. The van der Waals surface area contributed by atoms with Gasteiger partial charge in [0.15, 0.2) is 0 Å². The van der Waals surface area contributed by atoms with Gasteiger partial charge in [-0.3, -0.25) is 0 Å². The molecule has 3 N–H and O–H groups in total. The van der Waals surface area contributed by atoms with E-state index in [-0.39, 0.29) is 5.41 Å². The molecule has 0 unspecified atom stereocenters. The van der Waals surface area contributed by atoms with Gasteiger partial charge in [0.2, 0.25) is 0 Å². The second kappa shape index (κ2) is 4.26. The van der Waals surface area contributed by atoms with Gasteiger partial charge in [-0.1, -0.05) is 19.9 Å². The molecule has 0 saturated heterocycles. The van der Waals surface area contributed by atoms with E-state index in [1.807, 2.05) is 0 Å². The first kappa shape index (κ1) is 11.1. The van der Waals surface area contributed by atoms with E-state index >= 15 is 0 Å². The van der Waals surface area contributed by atoms with Gasteiger partial charge in [0.05, 0.1) is 17.4 Å². The normalized spacial score (nSPS) is 12.2. The Bertz CT molecular complexity index is 471. The third kappa shape index (κ3) is 2.42. The minimum Gasteiger partial charge on any atom is -0.345 e. The van der Waals surface area contributed by atoms with Gasteiger partial charge >= 0.3 is 0 Å². The number of fused-ring (bicyclic) bond motifs is 1. The molecule has 0 spiro atoms. The molecule has 0 saturated carbocycles. The van der Waals surface area contributed by atoms with Crippen LogP contribution in [-0.2, 0) is 6.42 Å². The van der Waals surface area contributed by atoms with Crippen LogP contribution in [0.5, 0.6) is 0 Å². The zero-order valence-corrected chi connectivity index (χ0v) is 9.96. The summed E-state index contributed by atoms with van der Waals surface area (Å²) in [6.07, 6.45) is 3.84.